The van der Waals surface area contributed by atoms with Gasteiger partial charge in [-0.15, -0.1) is 0 Å². The first kappa shape index (κ1) is 10.3. The van der Waals surface area contributed by atoms with Gasteiger partial charge in [0.05, 0.1) is 0 Å². The van der Waals surface area contributed by atoms with Crippen LogP contribution in [0.3, 0.4) is 0 Å². The number of thioether (sulfide) groups is 1. The molecule has 0 heterocycles. The monoisotopic (exact) mass is 159 g/mol. The molecule has 0 N–H and O–H groups in total. The lowest BCUT2D eigenvalue weighted by atomic mass is 10.1. The van der Waals surface area contributed by atoms with Crippen LogP contribution in [-0.4, -0.2) is 6.26 Å². The Hall–Kier alpha value is 0.350. The molecule has 0 bridgehead atoms. The van der Waals surface area contributed by atoms with Gasteiger partial charge in [0.2, 0.25) is 0 Å². The van der Waals surface area contributed by atoms with Gasteiger partial charge in [-0.1, -0.05) is 39.0 Å². The molecule has 0 unspecified atom stereocenters. The molecule has 0 saturated carbocycles. The van der Waals surface area contributed by atoms with Gasteiger partial charge in [-0.2, -0.15) is 11.8 Å². The zero-order valence-corrected chi connectivity index (χ0v) is 8.04. The molecule has 0 aliphatic carbocycles. The fourth-order valence-corrected chi connectivity index (χ4v) is 1.35. The Balaban J connectivity index is 2.65. The summed E-state index contributed by atoms with van der Waals surface area (Å²) in [4.78, 5) is 0. The summed E-state index contributed by atoms with van der Waals surface area (Å²) in [5, 5.41) is 0. The van der Waals surface area contributed by atoms with Crippen molar-refractivity contribution >= 4 is 11.8 Å². The van der Waals surface area contributed by atoms with E-state index in [-0.39, 0.29) is 0 Å². The lowest BCUT2D eigenvalue weighted by molar-refractivity contribution is 0.635. The summed E-state index contributed by atoms with van der Waals surface area (Å²) < 4.78 is 0. The topological polar surface area (TPSA) is 0 Å². The molecule has 0 aromatic heterocycles. The maximum atomic E-state index is 2.30. The third kappa shape index (κ3) is 8.35. The second kappa shape index (κ2) is 9.35. The fourth-order valence-electron chi connectivity index (χ4n) is 0.949. The molecule has 0 aromatic rings. The first-order chi connectivity index (χ1) is 4.91. The summed E-state index contributed by atoms with van der Waals surface area (Å²) in [6, 6.07) is 0. The van der Waals surface area contributed by atoms with Crippen LogP contribution in [0.5, 0.6) is 0 Å². The van der Waals surface area contributed by atoms with Crippen molar-refractivity contribution in [2.45, 2.75) is 45.4 Å². The maximum absolute atomic E-state index is 2.30. The summed E-state index contributed by atoms with van der Waals surface area (Å²) in [6.07, 6.45) is 10.4. The predicted molar refractivity (Wildman–Crippen MR) is 51.2 cm³/mol. The first-order valence-electron chi connectivity index (χ1n) is 4.26. The minimum Gasteiger partial charge on any atom is -0.161 e. The third-order valence-corrected chi connectivity index (χ3v) is 2.16. The average Bonchev–Trinajstić information content (AvgIpc) is 1.97. The summed E-state index contributed by atoms with van der Waals surface area (Å²) in [5.41, 5.74) is 0. The highest BCUT2D eigenvalue weighted by atomic mass is 32.2. The predicted octanol–water partition coefficient (Wildman–Crippen LogP) is 3.87. The molecule has 0 amide bonds. The number of rotatable bonds is 7. The molecule has 0 aliphatic rings. The minimum atomic E-state index is 1.30. The lowest BCUT2D eigenvalue weighted by Crippen LogP contribution is -1.77. The van der Waals surface area contributed by atoms with E-state index < -0.39 is 0 Å². The van der Waals surface area contributed by atoms with Crippen molar-refractivity contribution in [3.05, 3.63) is 5.75 Å². The molecular weight excluding hydrogens is 140 g/mol. The summed E-state index contributed by atoms with van der Waals surface area (Å²) in [6.45, 7) is 2.26. The minimum absolute atomic E-state index is 1.30. The Bertz CT molecular complexity index is 44.7. The van der Waals surface area contributed by atoms with E-state index in [0.717, 1.165) is 0 Å². The lowest BCUT2D eigenvalue weighted by Gasteiger charge is -1.97. The molecule has 0 nitrogen and oxygen atoms in total. The fraction of sp³-hybridized carbons (Fsp3) is 0.889. The summed E-state index contributed by atoms with van der Waals surface area (Å²) >= 11 is 1.84. The molecule has 0 fully saturated rings. The molecule has 0 atom stereocenters. The van der Waals surface area contributed by atoms with Crippen molar-refractivity contribution in [1.29, 1.82) is 0 Å². The normalized spacial score (nSPS) is 10.2. The summed E-state index contributed by atoms with van der Waals surface area (Å²) in [5.74, 6) is 2.30. The van der Waals surface area contributed by atoms with Crippen LogP contribution >= 0.6 is 11.8 Å². The van der Waals surface area contributed by atoms with Crippen molar-refractivity contribution in [2.75, 3.05) is 6.26 Å². The van der Waals surface area contributed by atoms with Gasteiger partial charge in [0.25, 0.3) is 0 Å². The van der Waals surface area contributed by atoms with Crippen molar-refractivity contribution in [3.63, 3.8) is 0 Å². The van der Waals surface area contributed by atoms with Crippen LogP contribution in [0.15, 0.2) is 0 Å². The van der Waals surface area contributed by atoms with Gasteiger partial charge in [0.1, 0.15) is 0 Å². The highest BCUT2D eigenvalue weighted by Crippen LogP contribution is 2.10. The highest BCUT2D eigenvalue weighted by molar-refractivity contribution is 8.00. The molecule has 0 saturated heterocycles. The van der Waals surface area contributed by atoms with Crippen LogP contribution < -0.4 is 0 Å². The van der Waals surface area contributed by atoms with Crippen molar-refractivity contribution in [2.24, 2.45) is 0 Å². The van der Waals surface area contributed by atoms with Crippen LogP contribution in [0.25, 0.3) is 0 Å². The van der Waals surface area contributed by atoms with Gasteiger partial charge in [-0.3, -0.25) is 0 Å². The van der Waals surface area contributed by atoms with Crippen LogP contribution in [0, 0.1) is 5.75 Å². The van der Waals surface area contributed by atoms with E-state index in [2.05, 4.69) is 18.9 Å². The van der Waals surface area contributed by atoms with Gasteiger partial charge in [0.15, 0.2) is 0 Å². The van der Waals surface area contributed by atoms with Crippen molar-refractivity contribution < 1.29 is 0 Å². The van der Waals surface area contributed by atoms with E-state index in [1.54, 1.807) is 0 Å². The van der Waals surface area contributed by atoms with Gasteiger partial charge in [0, 0.05) is 5.75 Å². The quantitative estimate of drug-likeness (QED) is 0.508. The SMILES string of the molecule is CCCCCCC[CH]SC. The number of hydrogen-bond acceptors (Lipinski definition) is 1. The van der Waals surface area contributed by atoms with E-state index in [4.69, 9.17) is 0 Å². The zero-order valence-electron chi connectivity index (χ0n) is 7.23. The van der Waals surface area contributed by atoms with E-state index >= 15 is 0 Å². The van der Waals surface area contributed by atoms with E-state index in [9.17, 15) is 0 Å². The van der Waals surface area contributed by atoms with Gasteiger partial charge < -0.3 is 0 Å². The molecule has 0 rings (SSSR count). The van der Waals surface area contributed by atoms with Gasteiger partial charge in [-0.05, 0) is 12.7 Å². The molecule has 0 spiro atoms. The van der Waals surface area contributed by atoms with Crippen LogP contribution in [0.4, 0.5) is 0 Å². The van der Waals surface area contributed by atoms with Crippen LogP contribution in [0.1, 0.15) is 45.4 Å². The molecule has 1 heteroatoms. The summed E-state index contributed by atoms with van der Waals surface area (Å²) in [7, 11) is 0. The highest BCUT2D eigenvalue weighted by Gasteiger charge is 1.88. The third-order valence-electron chi connectivity index (χ3n) is 1.59. The first-order valence-corrected chi connectivity index (χ1v) is 5.55. The molecular formula is C9H19S. The number of unbranched alkanes of at least 4 members (excludes halogenated alkanes) is 5. The van der Waals surface area contributed by atoms with Crippen LogP contribution in [-0.2, 0) is 0 Å². The molecule has 0 aromatic carbocycles. The van der Waals surface area contributed by atoms with E-state index in [0.29, 0.717) is 0 Å². The Labute approximate surface area is 69.8 Å². The smallest absolute Gasteiger partial charge is 0.0163 e. The molecule has 0 aliphatic heterocycles. The van der Waals surface area contributed by atoms with Gasteiger partial charge >= 0.3 is 0 Å². The van der Waals surface area contributed by atoms with Crippen LogP contribution in [0.2, 0.25) is 0 Å². The Morgan fingerprint density at radius 3 is 2.40 bits per heavy atom. The Morgan fingerprint density at radius 1 is 1.10 bits per heavy atom. The zero-order chi connectivity index (χ0) is 7.66. The number of hydrogen-bond donors (Lipinski definition) is 0. The molecule has 1 radical (unpaired) electrons. The second-order valence-electron chi connectivity index (χ2n) is 2.61. The Kier molecular flexibility index (Phi) is 9.68. The Morgan fingerprint density at radius 2 is 1.80 bits per heavy atom. The second-order valence-corrected chi connectivity index (χ2v) is 3.41. The van der Waals surface area contributed by atoms with E-state index in [1.807, 2.05) is 11.8 Å². The van der Waals surface area contributed by atoms with Gasteiger partial charge in [-0.25, -0.2) is 0 Å². The molecule has 61 valence electrons. The maximum Gasteiger partial charge on any atom is 0.0163 e. The van der Waals surface area contributed by atoms with E-state index in [1.165, 1.54) is 38.5 Å². The standard InChI is InChI=1S/C9H19S/c1-3-4-5-6-7-8-9-10-2/h9H,3-8H2,1-2H3. The van der Waals surface area contributed by atoms with Crippen molar-refractivity contribution in [1.82, 2.24) is 0 Å². The van der Waals surface area contributed by atoms with Crippen molar-refractivity contribution in [3.8, 4) is 0 Å². The molecule has 10 heavy (non-hydrogen) atoms. The largest absolute Gasteiger partial charge is 0.161 e. The average molecular weight is 159 g/mol.